The molecule has 112 valence electrons. The summed E-state index contributed by atoms with van der Waals surface area (Å²) in [6.45, 7) is 0.260. The molecule has 0 spiro atoms. The lowest BCUT2D eigenvalue weighted by Gasteiger charge is -2.03. The Bertz CT molecular complexity index is 787. The van der Waals surface area contributed by atoms with Crippen LogP contribution in [0.3, 0.4) is 0 Å². The van der Waals surface area contributed by atoms with Crippen LogP contribution in [0.4, 0.5) is 0 Å². The van der Waals surface area contributed by atoms with Crippen molar-refractivity contribution < 1.29 is 14.3 Å². The largest absolute Gasteiger partial charge is 0.461 e. The molecular weight excluding hydrogens is 316 g/mol. The summed E-state index contributed by atoms with van der Waals surface area (Å²) in [5.41, 5.74) is 1.01. The molecule has 0 unspecified atom stereocenters. The van der Waals surface area contributed by atoms with Crippen molar-refractivity contribution in [3.8, 4) is 0 Å². The number of carbonyl (C=O) groups excluding carboxylic acids is 2. The van der Waals surface area contributed by atoms with Crippen LogP contribution in [0.25, 0.3) is 10.1 Å². The summed E-state index contributed by atoms with van der Waals surface area (Å²) >= 11 is 3.03. The van der Waals surface area contributed by atoms with Gasteiger partial charge in [0.15, 0.2) is 5.78 Å². The molecule has 0 fully saturated rings. The van der Waals surface area contributed by atoms with Gasteiger partial charge < -0.3 is 4.74 Å². The summed E-state index contributed by atoms with van der Waals surface area (Å²) in [7, 11) is 0. The van der Waals surface area contributed by atoms with Crippen LogP contribution in [0.5, 0.6) is 0 Å². The van der Waals surface area contributed by atoms with E-state index >= 15 is 0 Å². The second kappa shape index (κ2) is 6.85. The molecule has 5 heteroatoms. The highest BCUT2D eigenvalue weighted by Gasteiger charge is 2.12. The Kier molecular flexibility index (Phi) is 4.65. The first-order chi connectivity index (χ1) is 10.7. The first kappa shape index (κ1) is 14.9. The highest BCUT2D eigenvalue weighted by molar-refractivity contribution is 7.17. The molecule has 0 aliphatic carbocycles. The molecule has 0 saturated heterocycles. The Hall–Kier alpha value is -1.98. The maximum atomic E-state index is 11.8. The van der Waals surface area contributed by atoms with E-state index in [-0.39, 0.29) is 31.2 Å². The molecule has 2 aromatic heterocycles. The second-order valence-corrected chi connectivity index (χ2v) is 6.68. The quantitative estimate of drug-likeness (QED) is 0.487. The third kappa shape index (κ3) is 3.43. The molecule has 1 aromatic carbocycles. The number of esters is 1. The third-order valence-corrected chi connectivity index (χ3v) is 5.23. The monoisotopic (exact) mass is 330 g/mol. The van der Waals surface area contributed by atoms with Gasteiger partial charge in [-0.15, -0.1) is 22.7 Å². The lowest BCUT2D eigenvalue weighted by molar-refractivity contribution is -0.144. The molecule has 3 nitrogen and oxygen atoms in total. The topological polar surface area (TPSA) is 43.4 Å². The summed E-state index contributed by atoms with van der Waals surface area (Å²) in [4.78, 5) is 24.3. The molecule has 0 bridgehead atoms. The molecule has 0 aliphatic rings. The smallest absolute Gasteiger partial charge is 0.306 e. The van der Waals surface area contributed by atoms with Crippen molar-refractivity contribution in [2.75, 3.05) is 0 Å². The Balaban J connectivity index is 1.51. The number of ether oxygens (including phenoxy) is 1. The summed E-state index contributed by atoms with van der Waals surface area (Å²) in [5, 5.41) is 4.98. The Labute approximate surface area is 136 Å². The molecule has 0 aliphatic heterocycles. The van der Waals surface area contributed by atoms with E-state index < -0.39 is 0 Å². The van der Waals surface area contributed by atoms with E-state index in [0.717, 1.165) is 10.9 Å². The van der Waals surface area contributed by atoms with Crippen molar-refractivity contribution in [2.45, 2.75) is 19.4 Å². The highest BCUT2D eigenvalue weighted by atomic mass is 32.1. The van der Waals surface area contributed by atoms with Gasteiger partial charge in [0.25, 0.3) is 0 Å². The minimum absolute atomic E-state index is 0.00654. The molecular formula is C17H14O3S2. The van der Waals surface area contributed by atoms with Gasteiger partial charge in [-0.25, -0.2) is 0 Å². The van der Waals surface area contributed by atoms with E-state index in [2.05, 4.69) is 0 Å². The van der Waals surface area contributed by atoms with Gasteiger partial charge in [-0.1, -0.05) is 24.3 Å². The molecule has 3 aromatic rings. The van der Waals surface area contributed by atoms with E-state index in [1.807, 2.05) is 41.1 Å². The number of benzene rings is 1. The molecule has 3 rings (SSSR count). The average molecular weight is 330 g/mol. The van der Waals surface area contributed by atoms with Crippen LogP contribution in [-0.4, -0.2) is 11.8 Å². The van der Waals surface area contributed by atoms with E-state index in [9.17, 15) is 9.59 Å². The normalized spacial score (nSPS) is 10.7. The number of thiophene rings is 2. The van der Waals surface area contributed by atoms with Crippen molar-refractivity contribution in [1.82, 2.24) is 0 Å². The Morgan fingerprint density at radius 3 is 2.68 bits per heavy atom. The summed E-state index contributed by atoms with van der Waals surface area (Å²) in [6.07, 6.45) is 0.322. The lowest BCUT2D eigenvalue weighted by Crippen LogP contribution is -2.07. The number of ketones is 1. The van der Waals surface area contributed by atoms with Crippen LogP contribution in [0.2, 0.25) is 0 Å². The van der Waals surface area contributed by atoms with Crippen LogP contribution < -0.4 is 0 Å². The summed E-state index contributed by atoms with van der Waals surface area (Å²) in [6, 6.07) is 11.6. The maximum Gasteiger partial charge on any atom is 0.306 e. The zero-order valence-corrected chi connectivity index (χ0v) is 13.4. The lowest BCUT2D eigenvalue weighted by atomic mass is 10.2. The first-order valence-electron chi connectivity index (χ1n) is 6.91. The molecule has 0 amide bonds. The number of hydrogen-bond donors (Lipinski definition) is 0. The molecule has 2 heterocycles. The minimum Gasteiger partial charge on any atom is -0.461 e. The van der Waals surface area contributed by atoms with Gasteiger partial charge in [0.2, 0.25) is 0 Å². The fourth-order valence-corrected chi connectivity index (χ4v) is 3.79. The van der Waals surface area contributed by atoms with Crippen molar-refractivity contribution in [1.29, 1.82) is 0 Å². The van der Waals surface area contributed by atoms with Gasteiger partial charge >= 0.3 is 5.97 Å². The van der Waals surface area contributed by atoms with E-state index in [4.69, 9.17) is 4.74 Å². The number of carbonyl (C=O) groups is 2. The Morgan fingerprint density at radius 2 is 1.86 bits per heavy atom. The van der Waals surface area contributed by atoms with Crippen molar-refractivity contribution in [2.24, 2.45) is 0 Å². The minimum atomic E-state index is -0.333. The zero-order valence-electron chi connectivity index (χ0n) is 11.8. The molecule has 0 radical (unpaired) electrons. The van der Waals surface area contributed by atoms with Crippen LogP contribution in [0, 0.1) is 0 Å². The van der Waals surface area contributed by atoms with Crippen molar-refractivity contribution in [3.05, 3.63) is 57.6 Å². The molecule has 0 saturated carbocycles. The van der Waals surface area contributed by atoms with Gasteiger partial charge in [0, 0.05) is 16.7 Å². The van der Waals surface area contributed by atoms with Crippen LogP contribution >= 0.6 is 22.7 Å². The number of hydrogen-bond acceptors (Lipinski definition) is 5. The van der Waals surface area contributed by atoms with Gasteiger partial charge in [0.1, 0.15) is 6.61 Å². The predicted molar refractivity (Wildman–Crippen MR) is 89.5 cm³/mol. The average Bonchev–Trinajstić information content (AvgIpc) is 3.20. The van der Waals surface area contributed by atoms with Gasteiger partial charge in [-0.2, -0.15) is 0 Å². The van der Waals surface area contributed by atoms with Crippen LogP contribution in [0.15, 0.2) is 47.2 Å². The van der Waals surface area contributed by atoms with Gasteiger partial charge in [0.05, 0.1) is 11.3 Å². The highest BCUT2D eigenvalue weighted by Crippen LogP contribution is 2.26. The zero-order chi connectivity index (χ0) is 15.4. The molecule has 0 atom stereocenters. The van der Waals surface area contributed by atoms with Gasteiger partial charge in [-0.3, -0.25) is 9.59 Å². The predicted octanol–water partition coefficient (Wildman–Crippen LogP) is 4.67. The van der Waals surface area contributed by atoms with Crippen LogP contribution in [-0.2, 0) is 16.1 Å². The fourth-order valence-electron chi connectivity index (χ4n) is 2.15. The number of rotatable bonds is 6. The van der Waals surface area contributed by atoms with E-state index in [1.54, 1.807) is 17.4 Å². The van der Waals surface area contributed by atoms with E-state index in [0.29, 0.717) is 4.88 Å². The maximum absolute atomic E-state index is 11.8. The summed E-state index contributed by atoms with van der Waals surface area (Å²) in [5.74, 6) is -0.340. The number of fused-ring (bicyclic) bond motifs is 1. The van der Waals surface area contributed by atoms with Crippen molar-refractivity contribution >= 4 is 44.5 Å². The Morgan fingerprint density at radius 1 is 1.00 bits per heavy atom. The number of Topliss-reactive ketones (excluding diaryl/α,β-unsaturated/α-hetero) is 1. The standard InChI is InChI=1S/C17H14O3S2/c18-14(16-6-3-9-21-16)7-8-17(19)20-10-12-11-22-15-5-2-1-4-13(12)15/h1-6,9,11H,7-8,10H2. The van der Waals surface area contributed by atoms with Gasteiger partial charge in [-0.05, 0) is 28.3 Å². The fraction of sp³-hybridized carbons (Fsp3) is 0.176. The van der Waals surface area contributed by atoms with Crippen molar-refractivity contribution in [3.63, 3.8) is 0 Å². The second-order valence-electron chi connectivity index (χ2n) is 4.82. The van der Waals surface area contributed by atoms with Crippen LogP contribution in [0.1, 0.15) is 28.1 Å². The summed E-state index contributed by atoms with van der Waals surface area (Å²) < 4.78 is 6.46. The third-order valence-electron chi connectivity index (χ3n) is 3.30. The SMILES string of the molecule is O=C(CCC(=O)c1cccs1)OCc1csc2ccccc12. The molecule has 22 heavy (non-hydrogen) atoms. The molecule has 0 N–H and O–H groups in total. The first-order valence-corrected chi connectivity index (χ1v) is 8.67. The van der Waals surface area contributed by atoms with E-state index in [1.165, 1.54) is 16.0 Å².